The molecule has 1 aromatic heterocycles. The Morgan fingerprint density at radius 3 is 2.38 bits per heavy atom. The minimum Gasteiger partial charge on any atom is -0.478 e. The molecule has 4 rings (SSSR count). The largest absolute Gasteiger partial charge is 0.478 e. The Morgan fingerprint density at radius 2 is 1.81 bits per heavy atom. The third-order valence-corrected chi connectivity index (χ3v) is 7.00. The number of aryl methyl sites for hydroxylation is 1. The van der Waals surface area contributed by atoms with Crippen LogP contribution >= 0.6 is 11.3 Å². The van der Waals surface area contributed by atoms with E-state index >= 15 is 0 Å². The summed E-state index contributed by atoms with van der Waals surface area (Å²) in [6.07, 6.45) is 3.89. The first-order valence-electron chi connectivity index (χ1n) is 7.63. The monoisotopic (exact) mass is 305 g/mol. The fourth-order valence-corrected chi connectivity index (χ4v) is 5.90. The van der Waals surface area contributed by atoms with Gasteiger partial charge in [-0.1, -0.05) is 0 Å². The number of carboxylic acids is 1. The maximum absolute atomic E-state index is 12.5. The van der Waals surface area contributed by atoms with Gasteiger partial charge >= 0.3 is 5.97 Å². The molecule has 4 nitrogen and oxygen atoms in total. The molecular weight excluding hydrogens is 286 g/mol. The Balaban J connectivity index is 1.54. The van der Waals surface area contributed by atoms with Gasteiger partial charge in [0.1, 0.15) is 5.00 Å². The number of carboxylic acid groups (broad SMARTS) is 1. The minimum absolute atomic E-state index is 0.0466. The second kappa shape index (κ2) is 4.32. The second-order valence-electron chi connectivity index (χ2n) is 6.80. The molecule has 4 atom stereocenters. The van der Waals surface area contributed by atoms with Crippen molar-refractivity contribution in [2.24, 2.45) is 29.6 Å². The highest BCUT2D eigenvalue weighted by Crippen LogP contribution is 2.69. The number of hydrogen-bond acceptors (Lipinski definition) is 3. The molecule has 1 heterocycles. The fraction of sp³-hybridized carbons (Fsp3) is 0.625. The van der Waals surface area contributed by atoms with E-state index < -0.39 is 5.97 Å². The van der Waals surface area contributed by atoms with Crippen LogP contribution in [0.1, 0.15) is 40.1 Å². The highest BCUT2D eigenvalue weighted by Gasteiger charge is 2.67. The van der Waals surface area contributed by atoms with Crippen LogP contribution in [0.5, 0.6) is 0 Å². The lowest BCUT2D eigenvalue weighted by molar-refractivity contribution is -0.118. The SMILES string of the molecule is Cc1sc(NC(=O)C2C3C4CCC(C4)C23)c(C(=O)O)c1C. The van der Waals surface area contributed by atoms with Crippen LogP contribution in [-0.4, -0.2) is 17.0 Å². The van der Waals surface area contributed by atoms with Crippen molar-refractivity contribution in [2.45, 2.75) is 33.1 Å². The Hall–Kier alpha value is -1.36. The molecule has 3 aliphatic rings. The van der Waals surface area contributed by atoms with Gasteiger partial charge < -0.3 is 10.4 Å². The number of hydrogen-bond donors (Lipinski definition) is 2. The van der Waals surface area contributed by atoms with Gasteiger partial charge in [0.15, 0.2) is 0 Å². The highest BCUT2D eigenvalue weighted by molar-refractivity contribution is 7.16. The lowest BCUT2D eigenvalue weighted by atomic mass is 10.0. The lowest BCUT2D eigenvalue weighted by Gasteiger charge is -2.09. The van der Waals surface area contributed by atoms with Gasteiger partial charge in [0.05, 0.1) is 5.56 Å². The molecule has 1 amide bonds. The molecule has 4 unspecified atom stereocenters. The molecule has 0 aliphatic heterocycles. The van der Waals surface area contributed by atoms with Crippen LogP contribution < -0.4 is 5.32 Å². The topological polar surface area (TPSA) is 66.4 Å². The van der Waals surface area contributed by atoms with Gasteiger partial charge in [-0.2, -0.15) is 0 Å². The van der Waals surface area contributed by atoms with E-state index in [9.17, 15) is 14.7 Å². The summed E-state index contributed by atoms with van der Waals surface area (Å²) in [5, 5.41) is 12.8. The van der Waals surface area contributed by atoms with Gasteiger partial charge in [-0.05, 0) is 62.3 Å². The van der Waals surface area contributed by atoms with Gasteiger partial charge in [0, 0.05) is 10.8 Å². The van der Waals surface area contributed by atoms with Crippen LogP contribution in [0.25, 0.3) is 0 Å². The van der Waals surface area contributed by atoms with E-state index in [0.717, 1.165) is 22.3 Å². The number of thiophene rings is 1. The van der Waals surface area contributed by atoms with Crippen LogP contribution in [0.4, 0.5) is 5.00 Å². The van der Waals surface area contributed by atoms with Gasteiger partial charge in [-0.15, -0.1) is 11.3 Å². The van der Waals surface area contributed by atoms with Crippen LogP contribution in [0, 0.1) is 43.4 Å². The molecule has 3 aliphatic carbocycles. The molecule has 3 fully saturated rings. The molecule has 21 heavy (non-hydrogen) atoms. The molecule has 0 saturated heterocycles. The normalized spacial score (nSPS) is 35.6. The van der Waals surface area contributed by atoms with E-state index in [1.807, 2.05) is 6.92 Å². The number of carbonyl (C=O) groups is 2. The quantitative estimate of drug-likeness (QED) is 0.900. The zero-order valence-electron chi connectivity index (χ0n) is 12.2. The van der Waals surface area contributed by atoms with Crippen LogP contribution in [0.3, 0.4) is 0 Å². The Kier molecular flexibility index (Phi) is 2.74. The molecule has 0 radical (unpaired) electrons. The number of fused-ring (bicyclic) bond motifs is 5. The Labute approximate surface area is 127 Å². The highest BCUT2D eigenvalue weighted by atomic mass is 32.1. The van der Waals surface area contributed by atoms with Crippen molar-refractivity contribution in [3.63, 3.8) is 0 Å². The van der Waals surface area contributed by atoms with Crippen LogP contribution in [-0.2, 0) is 4.79 Å². The molecule has 0 aromatic carbocycles. The number of aromatic carboxylic acids is 1. The summed E-state index contributed by atoms with van der Waals surface area (Å²) in [4.78, 5) is 24.9. The first-order valence-corrected chi connectivity index (χ1v) is 8.44. The maximum Gasteiger partial charge on any atom is 0.338 e. The van der Waals surface area contributed by atoms with Crippen LogP contribution in [0.15, 0.2) is 0 Å². The third-order valence-electron chi connectivity index (χ3n) is 5.87. The summed E-state index contributed by atoms with van der Waals surface area (Å²) in [6.45, 7) is 3.70. The van der Waals surface area contributed by atoms with Crippen molar-refractivity contribution in [1.29, 1.82) is 0 Å². The Bertz CT molecular complexity index is 634. The van der Waals surface area contributed by atoms with E-state index in [1.165, 1.54) is 30.6 Å². The molecule has 0 spiro atoms. The lowest BCUT2D eigenvalue weighted by Crippen LogP contribution is -2.19. The van der Waals surface area contributed by atoms with Gasteiger partial charge in [-0.25, -0.2) is 4.79 Å². The number of rotatable bonds is 3. The van der Waals surface area contributed by atoms with Crippen molar-refractivity contribution in [1.82, 2.24) is 0 Å². The summed E-state index contributed by atoms with van der Waals surface area (Å²) >= 11 is 1.38. The fourth-order valence-electron chi connectivity index (χ4n) is 4.84. The maximum atomic E-state index is 12.5. The van der Waals surface area contributed by atoms with E-state index in [4.69, 9.17) is 0 Å². The number of amides is 1. The van der Waals surface area contributed by atoms with E-state index in [1.54, 1.807) is 6.92 Å². The number of carbonyl (C=O) groups excluding carboxylic acids is 1. The predicted molar refractivity (Wildman–Crippen MR) is 80.7 cm³/mol. The zero-order valence-corrected chi connectivity index (χ0v) is 13.0. The first-order chi connectivity index (χ1) is 9.99. The molecule has 2 bridgehead atoms. The van der Waals surface area contributed by atoms with Crippen molar-refractivity contribution in [2.75, 3.05) is 5.32 Å². The average molecular weight is 305 g/mol. The molecule has 5 heteroatoms. The third kappa shape index (κ3) is 1.79. The second-order valence-corrected chi connectivity index (χ2v) is 8.02. The van der Waals surface area contributed by atoms with Gasteiger partial charge in [-0.3, -0.25) is 4.79 Å². The van der Waals surface area contributed by atoms with E-state index in [0.29, 0.717) is 16.8 Å². The molecule has 2 N–H and O–H groups in total. The number of anilines is 1. The molecule has 3 saturated carbocycles. The summed E-state index contributed by atoms with van der Waals surface area (Å²) < 4.78 is 0. The van der Waals surface area contributed by atoms with Crippen molar-refractivity contribution in [3.8, 4) is 0 Å². The van der Waals surface area contributed by atoms with Crippen LogP contribution in [0.2, 0.25) is 0 Å². The summed E-state index contributed by atoms with van der Waals surface area (Å²) in [5.74, 6) is 1.90. The standard InChI is InChI=1S/C16H19NO3S/c1-6-7(2)21-15(10(6)16(19)20)17-14(18)13-11-8-3-4-9(5-8)12(11)13/h8-9,11-13H,3-5H2,1-2H3,(H,17,18)(H,19,20). The zero-order chi connectivity index (χ0) is 14.9. The summed E-state index contributed by atoms with van der Waals surface area (Å²) in [5.41, 5.74) is 1.03. The molecule has 1 aromatic rings. The minimum atomic E-state index is -0.955. The van der Waals surface area contributed by atoms with Gasteiger partial charge in [0.2, 0.25) is 5.91 Å². The van der Waals surface area contributed by atoms with E-state index in [2.05, 4.69) is 5.32 Å². The number of nitrogens with one attached hydrogen (secondary N) is 1. The predicted octanol–water partition coefficient (Wildman–Crippen LogP) is 3.29. The smallest absolute Gasteiger partial charge is 0.338 e. The summed E-state index contributed by atoms with van der Waals surface area (Å²) in [6, 6.07) is 0. The van der Waals surface area contributed by atoms with Crippen molar-refractivity contribution in [3.05, 3.63) is 16.0 Å². The first kappa shape index (κ1) is 13.3. The summed E-state index contributed by atoms with van der Waals surface area (Å²) in [7, 11) is 0. The van der Waals surface area contributed by atoms with Crippen molar-refractivity contribution < 1.29 is 14.7 Å². The van der Waals surface area contributed by atoms with E-state index in [-0.39, 0.29) is 17.4 Å². The van der Waals surface area contributed by atoms with Crippen molar-refractivity contribution >= 4 is 28.2 Å². The molecular formula is C16H19NO3S. The molecule has 112 valence electrons. The van der Waals surface area contributed by atoms with Gasteiger partial charge in [0.25, 0.3) is 0 Å². The Morgan fingerprint density at radius 1 is 1.19 bits per heavy atom. The average Bonchev–Trinajstić information content (AvgIpc) is 2.70.